The van der Waals surface area contributed by atoms with Crippen molar-refractivity contribution in [1.82, 2.24) is 9.62 Å². The summed E-state index contributed by atoms with van der Waals surface area (Å²) in [7, 11) is -3.75. The monoisotopic (exact) mass is 428 g/mol. The molecule has 1 aliphatic rings. The van der Waals surface area contributed by atoms with Crippen molar-refractivity contribution in [1.29, 1.82) is 0 Å². The molecule has 1 heterocycles. The molecule has 1 fully saturated rings. The number of carbonyl (C=O) groups excluding carboxylic acids is 1. The molecule has 0 spiro atoms. The van der Waals surface area contributed by atoms with Crippen LogP contribution in [0.1, 0.15) is 71.1 Å². The van der Waals surface area contributed by atoms with Crippen molar-refractivity contribution in [2.75, 3.05) is 13.1 Å². The topological polar surface area (TPSA) is 66.5 Å². The molecule has 1 saturated heterocycles. The Morgan fingerprint density at radius 2 is 1.68 bits per heavy atom. The van der Waals surface area contributed by atoms with E-state index in [0.29, 0.717) is 24.5 Å². The van der Waals surface area contributed by atoms with Gasteiger partial charge in [0, 0.05) is 18.1 Å². The number of nitrogens with one attached hydrogen (secondary N) is 1. The molecule has 1 aromatic rings. The number of sulfonamides is 1. The number of halogens is 1. The van der Waals surface area contributed by atoms with E-state index in [0.717, 1.165) is 32.1 Å². The fourth-order valence-electron chi connectivity index (χ4n) is 3.61. The van der Waals surface area contributed by atoms with E-state index in [1.165, 1.54) is 42.1 Å². The number of hydrogen-bond acceptors (Lipinski definition) is 3. The van der Waals surface area contributed by atoms with Gasteiger partial charge in [-0.05, 0) is 49.9 Å². The standard InChI is InChI=1S/C21H33ClN2O3S/c1-2-3-4-5-6-7-10-17-24(20-11-8-9-16-23-21(20)25)28(26,27)19-14-12-18(22)13-15-19/h12-15,20H,2-11,16-17H2,1H3,(H,23,25). The first-order chi connectivity index (χ1) is 13.5. The molecular formula is C21H33ClN2O3S. The van der Waals surface area contributed by atoms with E-state index in [9.17, 15) is 13.2 Å². The summed E-state index contributed by atoms with van der Waals surface area (Å²) in [5.41, 5.74) is 0. The highest BCUT2D eigenvalue weighted by Gasteiger charge is 2.35. The van der Waals surface area contributed by atoms with Gasteiger partial charge in [-0.15, -0.1) is 0 Å². The van der Waals surface area contributed by atoms with Crippen LogP contribution in [0.5, 0.6) is 0 Å². The number of hydrogen-bond donors (Lipinski definition) is 1. The van der Waals surface area contributed by atoms with Crippen molar-refractivity contribution in [3.63, 3.8) is 0 Å². The maximum atomic E-state index is 13.3. The van der Waals surface area contributed by atoms with E-state index < -0.39 is 16.1 Å². The Morgan fingerprint density at radius 1 is 1.04 bits per heavy atom. The highest BCUT2D eigenvalue weighted by molar-refractivity contribution is 7.89. The molecule has 1 aliphatic heterocycles. The lowest BCUT2D eigenvalue weighted by Crippen LogP contribution is -2.49. The van der Waals surface area contributed by atoms with Gasteiger partial charge < -0.3 is 5.32 Å². The first-order valence-corrected chi connectivity index (χ1v) is 12.3. The predicted octanol–water partition coefficient (Wildman–Crippen LogP) is 4.75. The van der Waals surface area contributed by atoms with Gasteiger partial charge in [0.1, 0.15) is 6.04 Å². The molecule has 1 amide bonds. The number of rotatable bonds is 11. The first-order valence-electron chi connectivity index (χ1n) is 10.5. The smallest absolute Gasteiger partial charge is 0.243 e. The highest BCUT2D eigenvalue weighted by atomic mass is 35.5. The number of amides is 1. The fourth-order valence-corrected chi connectivity index (χ4v) is 5.39. The Kier molecular flexibility index (Phi) is 9.75. The molecule has 5 nitrogen and oxygen atoms in total. The summed E-state index contributed by atoms with van der Waals surface area (Å²) in [5, 5.41) is 3.36. The van der Waals surface area contributed by atoms with Crippen LogP contribution < -0.4 is 5.32 Å². The Balaban J connectivity index is 2.11. The van der Waals surface area contributed by atoms with Gasteiger partial charge >= 0.3 is 0 Å². The molecule has 1 aromatic carbocycles. The molecule has 2 rings (SSSR count). The second-order valence-electron chi connectivity index (χ2n) is 7.49. The van der Waals surface area contributed by atoms with Crippen molar-refractivity contribution < 1.29 is 13.2 Å². The third-order valence-corrected chi connectivity index (χ3v) is 7.43. The molecular weight excluding hydrogens is 396 g/mol. The Morgan fingerprint density at radius 3 is 2.36 bits per heavy atom. The van der Waals surface area contributed by atoms with Crippen LogP contribution in [-0.2, 0) is 14.8 Å². The van der Waals surface area contributed by atoms with Crippen molar-refractivity contribution >= 4 is 27.5 Å². The summed E-state index contributed by atoms with van der Waals surface area (Å²) >= 11 is 5.92. The van der Waals surface area contributed by atoms with Crippen LogP contribution in [0.25, 0.3) is 0 Å². The van der Waals surface area contributed by atoms with Crippen LogP contribution in [-0.4, -0.2) is 37.8 Å². The van der Waals surface area contributed by atoms with Crippen LogP contribution >= 0.6 is 11.6 Å². The molecule has 1 N–H and O–H groups in total. The first kappa shape index (κ1) is 23.2. The predicted molar refractivity (Wildman–Crippen MR) is 114 cm³/mol. The second kappa shape index (κ2) is 11.8. The van der Waals surface area contributed by atoms with Gasteiger partial charge in [0.05, 0.1) is 4.90 Å². The van der Waals surface area contributed by atoms with Gasteiger partial charge in [0.15, 0.2) is 0 Å². The van der Waals surface area contributed by atoms with E-state index in [1.54, 1.807) is 12.1 Å². The number of nitrogens with zero attached hydrogens (tertiary/aromatic N) is 1. The molecule has 0 aliphatic carbocycles. The van der Waals surface area contributed by atoms with Crippen molar-refractivity contribution in [3.8, 4) is 0 Å². The van der Waals surface area contributed by atoms with E-state index in [2.05, 4.69) is 12.2 Å². The maximum Gasteiger partial charge on any atom is 0.243 e. The molecule has 7 heteroatoms. The minimum atomic E-state index is -3.75. The maximum absolute atomic E-state index is 13.3. The summed E-state index contributed by atoms with van der Waals surface area (Å²) in [5.74, 6) is -0.182. The zero-order chi connectivity index (χ0) is 20.4. The van der Waals surface area contributed by atoms with E-state index >= 15 is 0 Å². The minimum Gasteiger partial charge on any atom is -0.355 e. The molecule has 28 heavy (non-hydrogen) atoms. The van der Waals surface area contributed by atoms with E-state index in [4.69, 9.17) is 11.6 Å². The van der Waals surface area contributed by atoms with Gasteiger partial charge in [-0.25, -0.2) is 8.42 Å². The van der Waals surface area contributed by atoms with Crippen molar-refractivity contribution in [2.24, 2.45) is 0 Å². The Hall–Kier alpha value is -1.11. The molecule has 1 unspecified atom stereocenters. The van der Waals surface area contributed by atoms with E-state index in [-0.39, 0.29) is 10.8 Å². The minimum absolute atomic E-state index is 0.182. The molecule has 0 aromatic heterocycles. The summed E-state index contributed by atoms with van der Waals surface area (Å²) < 4.78 is 28.0. The molecule has 1 atom stereocenters. The summed E-state index contributed by atoms with van der Waals surface area (Å²) in [6.07, 6.45) is 10.0. The second-order valence-corrected chi connectivity index (χ2v) is 9.82. The molecule has 158 valence electrons. The summed E-state index contributed by atoms with van der Waals surface area (Å²) in [6.45, 7) is 3.18. The van der Waals surface area contributed by atoms with Crippen LogP contribution in [0, 0.1) is 0 Å². The SMILES string of the molecule is CCCCCCCCCN(C1CCCCNC1=O)S(=O)(=O)c1ccc(Cl)cc1. The fraction of sp³-hybridized carbons (Fsp3) is 0.667. The van der Waals surface area contributed by atoms with Crippen molar-refractivity contribution in [3.05, 3.63) is 29.3 Å². The number of carbonyl (C=O) groups is 1. The summed E-state index contributed by atoms with van der Waals surface area (Å²) in [6, 6.07) is 5.55. The van der Waals surface area contributed by atoms with Crippen LogP contribution in [0.3, 0.4) is 0 Å². The number of unbranched alkanes of at least 4 members (excludes halogenated alkanes) is 6. The Bertz CT molecular complexity index is 707. The van der Waals surface area contributed by atoms with Gasteiger partial charge in [0.2, 0.25) is 15.9 Å². The highest BCUT2D eigenvalue weighted by Crippen LogP contribution is 2.24. The van der Waals surface area contributed by atoms with Gasteiger partial charge in [-0.2, -0.15) is 4.31 Å². The lowest BCUT2D eigenvalue weighted by atomic mass is 10.1. The normalized spacial score (nSPS) is 18.1. The van der Waals surface area contributed by atoms with E-state index in [1.807, 2.05) is 0 Å². The van der Waals surface area contributed by atoms with Gasteiger partial charge in [0.25, 0.3) is 0 Å². The van der Waals surface area contributed by atoms with Gasteiger partial charge in [-0.3, -0.25) is 4.79 Å². The lowest BCUT2D eigenvalue weighted by Gasteiger charge is -2.29. The van der Waals surface area contributed by atoms with Gasteiger partial charge in [-0.1, -0.05) is 57.0 Å². The quantitative estimate of drug-likeness (QED) is 0.517. The zero-order valence-corrected chi connectivity index (χ0v) is 18.4. The number of benzene rings is 1. The van der Waals surface area contributed by atoms with Crippen LogP contribution in [0.2, 0.25) is 5.02 Å². The molecule has 0 bridgehead atoms. The average Bonchev–Trinajstić information content (AvgIpc) is 2.88. The average molecular weight is 429 g/mol. The summed E-state index contributed by atoms with van der Waals surface area (Å²) in [4.78, 5) is 12.7. The zero-order valence-electron chi connectivity index (χ0n) is 16.8. The molecule has 0 saturated carbocycles. The van der Waals surface area contributed by atoms with Crippen molar-refractivity contribution in [2.45, 2.75) is 82.1 Å². The van der Waals surface area contributed by atoms with Crippen LogP contribution in [0.15, 0.2) is 29.2 Å². The third-order valence-electron chi connectivity index (χ3n) is 5.26. The van der Waals surface area contributed by atoms with Crippen LogP contribution in [0.4, 0.5) is 0 Å². The lowest BCUT2D eigenvalue weighted by molar-refractivity contribution is -0.124. The third kappa shape index (κ3) is 6.75. The molecule has 0 radical (unpaired) electrons. The largest absolute Gasteiger partial charge is 0.355 e. The Labute approximate surface area is 174 Å².